The van der Waals surface area contributed by atoms with Crippen LogP contribution in [0.15, 0.2) is 16.4 Å². The molecule has 21 heavy (non-hydrogen) atoms. The Morgan fingerprint density at radius 3 is 3.19 bits per heavy atom. The van der Waals surface area contributed by atoms with Gasteiger partial charge < -0.3 is 10.1 Å². The van der Waals surface area contributed by atoms with Crippen LogP contribution in [-0.2, 0) is 17.6 Å². The minimum Gasteiger partial charge on any atom is -0.377 e. The lowest BCUT2D eigenvalue weighted by molar-refractivity contribution is 0.182. The number of rotatable bonds is 3. The van der Waals surface area contributed by atoms with E-state index in [0.717, 1.165) is 35.7 Å². The Balaban J connectivity index is 1.64. The van der Waals surface area contributed by atoms with Crippen LogP contribution >= 0.6 is 11.3 Å². The predicted molar refractivity (Wildman–Crippen MR) is 77.7 cm³/mol. The van der Waals surface area contributed by atoms with Gasteiger partial charge in [-0.3, -0.25) is 4.79 Å². The summed E-state index contributed by atoms with van der Waals surface area (Å²) in [5.41, 5.74) is 3.78. The molecule has 7 nitrogen and oxygen atoms in total. The van der Waals surface area contributed by atoms with Crippen molar-refractivity contribution in [2.75, 3.05) is 18.5 Å². The largest absolute Gasteiger partial charge is 0.377 e. The van der Waals surface area contributed by atoms with Gasteiger partial charge in [0.25, 0.3) is 5.56 Å². The van der Waals surface area contributed by atoms with Gasteiger partial charge in [-0.25, -0.2) is 4.68 Å². The molecule has 0 spiro atoms. The minimum atomic E-state index is -0.104. The first kappa shape index (κ1) is 12.9. The molecule has 1 aliphatic carbocycles. The molecule has 1 fully saturated rings. The lowest BCUT2D eigenvalue weighted by Gasteiger charge is -2.20. The van der Waals surface area contributed by atoms with Crippen molar-refractivity contribution in [2.45, 2.75) is 31.3 Å². The van der Waals surface area contributed by atoms with Gasteiger partial charge in [0.2, 0.25) is 5.13 Å². The summed E-state index contributed by atoms with van der Waals surface area (Å²) in [5, 5.41) is 16.4. The average molecular weight is 305 g/mol. The number of aromatic nitrogens is 4. The molecular weight excluding hydrogens is 290 g/mol. The van der Waals surface area contributed by atoms with E-state index in [-0.39, 0.29) is 17.6 Å². The van der Waals surface area contributed by atoms with Gasteiger partial charge in [-0.1, -0.05) is 11.3 Å². The van der Waals surface area contributed by atoms with Crippen molar-refractivity contribution in [1.82, 2.24) is 20.0 Å². The van der Waals surface area contributed by atoms with Crippen LogP contribution in [0.4, 0.5) is 5.13 Å². The summed E-state index contributed by atoms with van der Waals surface area (Å²) in [5.74, 6) is 0. The summed E-state index contributed by atoms with van der Waals surface area (Å²) in [4.78, 5) is 12.3. The highest BCUT2D eigenvalue weighted by Crippen LogP contribution is 2.24. The number of ether oxygens (including phenoxy) is 1. The van der Waals surface area contributed by atoms with Crippen molar-refractivity contribution in [3.63, 3.8) is 0 Å². The molecule has 0 bridgehead atoms. The third-order valence-corrected chi connectivity index (χ3v) is 4.64. The van der Waals surface area contributed by atoms with Gasteiger partial charge in [0, 0.05) is 6.07 Å². The normalized spacial score (nSPS) is 24.2. The Morgan fingerprint density at radius 2 is 2.33 bits per heavy atom. The fourth-order valence-corrected chi connectivity index (χ4v) is 3.48. The maximum Gasteiger partial charge on any atom is 0.267 e. The van der Waals surface area contributed by atoms with E-state index in [0.29, 0.717) is 13.2 Å². The molecule has 2 unspecified atom stereocenters. The molecule has 4 rings (SSSR count). The second-order valence-corrected chi connectivity index (χ2v) is 6.19. The van der Waals surface area contributed by atoms with Gasteiger partial charge in [0.1, 0.15) is 11.6 Å². The maximum atomic E-state index is 12.3. The zero-order valence-corrected chi connectivity index (χ0v) is 12.2. The zero-order chi connectivity index (χ0) is 14.2. The average Bonchev–Trinajstić information content (AvgIpc) is 3.19. The number of anilines is 1. The highest BCUT2D eigenvalue weighted by molar-refractivity contribution is 7.13. The minimum absolute atomic E-state index is 0.0115. The molecule has 2 aromatic heterocycles. The van der Waals surface area contributed by atoms with Crippen LogP contribution in [0.3, 0.4) is 0 Å². The van der Waals surface area contributed by atoms with Crippen LogP contribution < -0.4 is 10.9 Å². The van der Waals surface area contributed by atoms with Crippen molar-refractivity contribution in [1.29, 1.82) is 0 Å². The number of nitrogens with zero attached hydrogens (tertiary/aromatic N) is 4. The lowest BCUT2D eigenvalue weighted by atomic mass is 10.1. The third kappa shape index (κ3) is 2.34. The van der Waals surface area contributed by atoms with E-state index in [9.17, 15) is 4.79 Å². The molecule has 1 aliphatic heterocycles. The second-order valence-electron chi connectivity index (χ2n) is 5.35. The van der Waals surface area contributed by atoms with Crippen LogP contribution in [0.5, 0.6) is 0 Å². The third-order valence-electron chi connectivity index (χ3n) is 4.02. The SMILES string of the molecule is O=c1cc2c(nn1C1COCC1Nc1nncs1)CCC2. The van der Waals surface area contributed by atoms with Gasteiger partial charge in [0.05, 0.1) is 24.9 Å². The monoisotopic (exact) mass is 305 g/mol. The van der Waals surface area contributed by atoms with Crippen molar-refractivity contribution in [3.05, 3.63) is 33.2 Å². The number of fused-ring (bicyclic) bond motifs is 1. The van der Waals surface area contributed by atoms with E-state index in [1.165, 1.54) is 11.3 Å². The number of hydrogen-bond acceptors (Lipinski definition) is 7. The molecule has 0 radical (unpaired) electrons. The summed E-state index contributed by atoms with van der Waals surface area (Å²) in [7, 11) is 0. The quantitative estimate of drug-likeness (QED) is 0.896. The Hall–Kier alpha value is -1.80. The first-order valence-electron chi connectivity index (χ1n) is 7.03. The molecule has 110 valence electrons. The highest BCUT2D eigenvalue weighted by atomic mass is 32.1. The standard InChI is InChI=1S/C13H15N5O2S/c19-12-4-8-2-1-3-9(8)17-18(12)11-6-20-5-10(11)15-13-16-14-7-21-13/h4,7,10-11H,1-3,5-6H2,(H,15,16). The van der Waals surface area contributed by atoms with Crippen LogP contribution in [0.1, 0.15) is 23.7 Å². The molecule has 0 saturated carbocycles. The fourth-order valence-electron chi connectivity index (χ4n) is 2.97. The summed E-state index contributed by atoms with van der Waals surface area (Å²) < 4.78 is 7.12. The van der Waals surface area contributed by atoms with Crippen LogP contribution in [0, 0.1) is 0 Å². The van der Waals surface area contributed by atoms with Gasteiger partial charge in [-0.15, -0.1) is 10.2 Å². The van der Waals surface area contributed by atoms with Gasteiger partial charge >= 0.3 is 0 Å². The summed E-state index contributed by atoms with van der Waals surface area (Å²) in [6.45, 7) is 1.03. The Kier molecular flexibility index (Phi) is 3.19. The van der Waals surface area contributed by atoms with Crippen molar-refractivity contribution < 1.29 is 4.74 Å². The molecule has 2 aliphatic rings. The second kappa shape index (κ2) is 5.19. The number of aryl methyl sites for hydroxylation is 2. The van der Waals surface area contributed by atoms with E-state index in [2.05, 4.69) is 20.6 Å². The molecule has 1 saturated heterocycles. The molecule has 3 heterocycles. The van der Waals surface area contributed by atoms with E-state index in [4.69, 9.17) is 4.74 Å². The smallest absolute Gasteiger partial charge is 0.267 e. The summed E-state index contributed by atoms with van der Waals surface area (Å²) in [6.07, 6.45) is 3.00. The van der Waals surface area contributed by atoms with E-state index < -0.39 is 0 Å². The van der Waals surface area contributed by atoms with E-state index in [1.54, 1.807) is 16.3 Å². The predicted octanol–water partition coefficient (Wildman–Crippen LogP) is 0.635. The molecule has 8 heteroatoms. The topological polar surface area (TPSA) is 81.9 Å². The van der Waals surface area contributed by atoms with Crippen molar-refractivity contribution in [2.24, 2.45) is 0 Å². The Bertz CT molecular complexity index is 699. The van der Waals surface area contributed by atoms with Crippen LogP contribution in [0.25, 0.3) is 0 Å². The lowest BCUT2D eigenvalue weighted by Crippen LogP contribution is -2.37. The molecule has 2 atom stereocenters. The van der Waals surface area contributed by atoms with Crippen molar-refractivity contribution in [3.8, 4) is 0 Å². The Labute approximate surface area is 125 Å². The fraction of sp³-hybridized carbons (Fsp3) is 0.538. The van der Waals surface area contributed by atoms with Gasteiger partial charge in [-0.05, 0) is 24.8 Å². The molecule has 0 amide bonds. The van der Waals surface area contributed by atoms with Crippen LogP contribution in [-0.4, -0.2) is 39.2 Å². The van der Waals surface area contributed by atoms with Gasteiger partial charge in [0.15, 0.2) is 0 Å². The van der Waals surface area contributed by atoms with Gasteiger partial charge in [-0.2, -0.15) is 5.10 Å². The molecular formula is C13H15N5O2S. The van der Waals surface area contributed by atoms with Crippen LogP contribution in [0.2, 0.25) is 0 Å². The summed E-state index contributed by atoms with van der Waals surface area (Å²) >= 11 is 1.43. The summed E-state index contributed by atoms with van der Waals surface area (Å²) in [6, 6.07) is 1.62. The molecule has 0 aromatic carbocycles. The van der Waals surface area contributed by atoms with E-state index >= 15 is 0 Å². The van der Waals surface area contributed by atoms with E-state index in [1.807, 2.05) is 0 Å². The Morgan fingerprint density at radius 1 is 1.38 bits per heavy atom. The first-order chi connectivity index (χ1) is 10.3. The zero-order valence-electron chi connectivity index (χ0n) is 11.4. The molecule has 2 aromatic rings. The maximum absolute atomic E-state index is 12.3. The number of nitrogens with one attached hydrogen (secondary N) is 1. The number of hydrogen-bond donors (Lipinski definition) is 1. The first-order valence-corrected chi connectivity index (χ1v) is 7.91. The molecule has 1 N–H and O–H groups in total. The highest BCUT2D eigenvalue weighted by Gasteiger charge is 2.32. The van der Waals surface area contributed by atoms with Crippen molar-refractivity contribution >= 4 is 16.5 Å².